The molecular formula is C24H26FN3O4. The Morgan fingerprint density at radius 2 is 2.03 bits per heavy atom. The van der Waals surface area contributed by atoms with Crippen LogP contribution in [0, 0.1) is 11.0 Å². The van der Waals surface area contributed by atoms with Crippen LogP contribution in [0.15, 0.2) is 47.2 Å². The highest BCUT2D eigenvalue weighted by atomic mass is 19.1. The van der Waals surface area contributed by atoms with E-state index in [1.54, 1.807) is 12.1 Å². The number of piperazine rings is 1. The van der Waals surface area contributed by atoms with Crippen molar-refractivity contribution in [3.63, 3.8) is 0 Å². The molecule has 0 spiro atoms. The normalized spacial score (nSPS) is 15.2. The van der Waals surface area contributed by atoms with E-state index in [4.69, 9.17) is 9.15 Å². The maximum atomic E-state index is 15.4. The van der Waals surface area contributed by atoms with Crippen molar-refractivity contribution in [2.24, 2.45) is 0 Å². The van der Waals surface area contributed by atoms with Gasteiger partial charge in [-0.25, -0.2) is 4.39 Å². The number of hydrogen-bond donors (Lipinski definition) is 0. The van der Waals surface area contributed by atoms with E-state index in [0.29, 0.717) is 34.7 Å². The number of fused-ring (bicyclic) bond motifs is 1. The fraction of sp³-hybridized carbons (Fsp3) is 0.333. The monoisotopic (exact) mass is 439 g/mol. The van der Waals surface area contributed by atoms with E-state index in [9.17, 15) is 10.0 Å². The fourth-order valence-corrected chi connectivity index (χ4v) is 3.80. The zero-order valence-electron chi connectivity index (χ0n) is 18.4. The first kappa shape index (κ1) is 21.8. The molecule has 0 N–H and O–H groups in total. The summed E-state index contributed by atoms with van der Waals surface area (Å²) in [5.74, 6) is -0.138. The second-order valence-corrected chi connectivity index (χ2v) is 8.20. The molecule has 4 rings (SSSR count). The van der Waals surface area contributed by atoms with E-state index in [2.05, 4.69) is 4.90 Å². The molecule has 8 heteroatoms. The number of benzene rings is 1. The molecule has 168 valence electrons. The number of anilines is 1. The fourth-order valence-electron chi connectivity index (χ4n) is 3.80. The third-order valence-electron chi connectivity index (χ3n) is 5.40. The van der Waals surface area contributed by atoms with Gasteiger partial charge in [-0.3, -0.25) is 4.79 Å². The molecule has 1 fully saturated rings. The van der Waals surface area contributed by atoms with Gasteiger partial charge in [0.25, 0.3) is 5.52 Å². The lowest BCUT2D eigenvalue weighted by atomic mass is 10.1. The van der Waals surface area contributed by atoms with E-state index in [0.717, 1.165) is 13.1 Å². The highest BCUT2D eigenvalue weighted by Crippen LogP contribution is 2.38. The van der Waals surface area contributed by atoms with Crippen molar-refractivity contribution in [2.75, 3.05) is 38.1 Å². The molecule has 0 bridgehead atoms. The number of likely N-dealkylation sites (N-methyl/N-ethyl adjacent to an activating group) is 1. The number of rotatable bonds is 6. The highest BCUT2D eigenvalue weighted by Gasteiger charge is 2.29. The number of furan rings is 1. The van der Waals surface area contributed by atoms with Crippen molar-refractivity contribution in [1.82, 2.24) is 4.90 Å². The van der Waals surface area contributed by atoms with E-state index in [1.807, 2.05) is 25.8 Å². The molecular weight excluding hydrogens is 413 g/mol. The minimum absolute atomic E-state index is 0.151. The van der Waals surface area contributed by atoms with Crippen LogP contribution in [-0.2, 0) is 0 Å². The van der Waals surface area contributed by atoms with Crippen molar-refractivity contribution in [2.45, 2.75) is 20.0 Å². The molecule has 0 unspecified atom stereocenters. The molecule has 0 aliphatic carbocycles. The summed E-state index contributed by atoms with van der Waals surface area (Å²) in [5.41, 5.74) is 0.652. The van der Waals surface area contributed by atoms with Gasteiger partial charge in [-0.15, -0.1) is 0 Å². The summed E-state index contributed by atoms with van der Waals surface area (Å²) in [6.45, 7) is 6.48. The number of carbonyl (C=O) groups is 1. The van der Waals surface area contributed by atoms with E-state index in [1.165, 1.54) is 36.7 Å². The molecule has 32 heavy (non-hydrogen) atoms. The number of carbonyl (C=O) groups excluding carboxylic acids is 1. The Bertz CT molecular complexity index is 1150. The molecule has 0 radical (unpaired) electrons. The Labute approximate surface area is 185 Å². The van der Waals surface area contributed by atoms with Crippen LogP contribution < -0.4 is 14.4 Å². The first-order valence-electron chi connectivity index (χ1n) is 10.6. The number of allylic oxidation sites excluding steroid dienone is 1. The maximum absolute atomic E-state index is 15.4. The van der Waals surface area contributed by atoms with Gasteiger partial charge in [0.2, 0.25) is 5.75 Å². The van der Waals surface area contributed by atoms with E-state index >= 15 is 4.39 Å². The van der Waals surface area contributed by atoms with Gasteiger partial charge in [-0.05, 0) is 57.3 Å². The second-order valence-electron chi connectivity index (χ2n) is 8.20. The number of hydrogen-bond acceptors (Lipinski definition) is 6. The summed E-state index contributed by atoms with van der Waals surface area (Å²) in [6, 6.07) is 6.24. The Balaban J connectivity index is 1.79. The van der Waals surface area contributed by atoms with Crippen molar-refractivity contribution in [3.8, 4) is 5.75 Å². The van der Waals surface area contributed by atoms with Crippen LogP contribution >= 0.6 is 0 Å². The zero-order chi connectivity index (χ0) is 22.8. The molecule has 0 saturated carbocycles. The Morgan fingerprint density at radius 1 is 1.28 bits per heavy atom. The summed E-state index contributed by atoms with van der Waals surface area (Å²) in [5, 5.41) is 13.3. The number of ketones is 1. The van der Waals surface area contributed by atoms with Gasteiger partial charge in [0.1, 0.15) is 11.4 Å². The first-order valence-corrected chi connectivity index (χ1v) is 10.6. The van der Waals surface area contributed by atoms with Gasteiger partial charge in [0, 0.05) is 26.2 Å². The second kappa shape index (κ2) is 9.00. The topological polar surface area (TPSA) is 72.9 Å². The predicted molar refractivity (Wildman–Crippen MR) is 120 cm³/mol. The van der Waals surface area contributed by atoms with Crippen molar-refractivity contribution >= 4 is 28.4 Å². The van der Waals surface area contributed by atoms with Crippen LogP contribution in [0.5, 0.6) is 5.75 Å². The molecule has 1 saturated heterocycles. The van der Waals surface area contributed by atoms with Crippen LogP contribution in [0.3, 0.4) is 0 Å². The Morgan fingerprint density at radius 3 is 2.69 bits per heavy atom. The summed E-state index contributed by atoms with van der Waals surface area (Å²) in [4.78, 5) is 16.7. The van der Waals surface area contributed by atoms with E-state index < -0.39 is 5.82 Å². The van der Waals surface area contributed by atoms with Gasteiger partial charge in [0.05, 0.1) is 23.3 Å². The van der Waals surface area contributed by atoms with Crippen LogP contribution in [0.4, 0.5) is 10.1 Å². The minimum atomic E-state index is -0.478. The average Bonchev–Trinajstić information content (AvgIpc) is 3.26. The van der Waals surface area contributed by atoms with Gasteiger partial charge >= 0.3 is 0 Å². The molecule has 0 amide bonds. The van der Waals surface area contributed by atoms with Crippen LogP contribution in [0.25, 0.3) is 17.0 Å². The van der Waals surface area contributed by atoms with Crippen LogP contribution in [0.2, 0.25) is 0 Å². The quantitative estimate of drug-likeness (QED) is 0.253. The number of nitrogens with zero attached hydrogens (tertiary/aromatic N) is 3. The van der Waals surface area contributed by atoms with Crippen molar-refractivity contribution in [1.29, 1.82) is 0 Å². The molecule has 0 atom stereocenters. The summed E-state index contributed by atoms with van der Waals surface area (Å²) in [6.07, 6.45) is 5.29. The van der Waals surface area contributed by atoms with E-state index in [-0.39, 0.29) is 28.7 Å². The minimum Gasteiger partial charge on any atom is -0.618 e. The molecule has 1 aromatic carbocycles. The summed E-state index contributed by atoms with van der Waals surface area (Å²) >= 11 is 0. The summed E-state index contributed by atoms with van der Waals surface area (Å²) in [7, 11) is 2.02. The van der Waals surface area contributed by atoms with Crippen molar-refractivity contribution < 1.29 is 23.1 Å². The number of ether oxygens (including phenoxy) is 1. The average molecular weight is 439 g/mol. The maximum Gasteiger partial charge on any atom is 0.268 e. The third-order valence-corrected chi connectivity index (χ3v) is 5.40. The standard InChI is InChI=1S/C24H26FN3O4/c1-16(2)32-24-22-17(14-20(25)23(24)27-10-8-26(3)9-11-27)13-18(15-28(22)30)21(29)7-6-19-5-4-12-31-19/h4-7,12-16H,8-11H2,1-3H3. The highest BCUT2D eigenvalue weighted by molar-refractivity contribution is 6.08. The summed E-state index contributed by atoms with van der Waals surface area (Å²) < 4.78 is 27.1. The number of pyridine rings is 1. The first-order chi connectivity index (χ1) is 15.3. The largest absolute Gasteiger partial charge is 0.618 e. The lowest BCUT2D eigenvalue weighted by Crippen LogP contribution is -2.45. The molecule has 7 nitrogen and oxygen atoms in total. The molecule has 1 aliphatic heterocycles. The van der Waals surface area contributed by atoms with Crippen molar-refractivity contribution in [3.05, 3.63) is 65.1 Å². The van der Waals surface area contributed by atoms with Gasteiger partial charge in [0.15, 0.2) is 17.8 Å². The third kappa shape index (κ3) is 4.45. The molecule has 2 aromatic heterocycles. The molecule has 1 aliphatic rings. The van der Waals surface area contributed by atoms with Crippen LogP contribution in [-0.4, -0.2) is 50.0 Å². The lowest BCUT2D eigenvalue weighted by Gasteiger charge is -2.35. The lowest BCUT2D eigenvalue weighted by molar-refractivity contribution is -0.577. The van der Waals surface area contributed by atoms with Crippen LogP contribution in [0.1, 0.15) is 30.0 Å². The van der Waals surface area contributed by atoms with Gasteiger partial charge in [-0.2, -0.15) is 4.73 Å². The SMILES string of the molecule is CC(C)Oc1c(N2CCN(C)CC2)c(F)cc2cc(C(=O)C=Cc3ccco3)c[n+]([O-])c12. The van der Waals surface area contributed by atoms with Gasteiger partial charge in [-0.1, -0.05) is 0 Å². The number of aromatic nitrogens is 1. The Hall–Kier alpha value is -3.39. The smallest absolute Gasteiger partial charge is 0.268 e. The Kier molecular flexibility index (Phi) is 6.14. The number of halogens is 1. The van der Waals surface area contributed by atoms with Gasteiger partial charge < -0.3 is 24.2 Å². The molecule has 3 heterocycles. The zero-order valence-corrected chi connectivity index (χ0v) is 18.4. The predicted octanol–water partition coefficient (Wildman–Crippen LogP) is 3.64. The molecule has 3 aromatic rings.